The van der Waals surface area contributed by atoms with Crippen molar-refractivity contribution < 1.29 is 4.74 Å². The summed E-state index contributed by atoms with van der Waals surface area (Å²) >= 11 is 5.90. The lowest BCUT2D eigenvalue weighted by molar-refractivity contribution is 0.271. The van der Waals surface area contributed by atoms with E-state index in [0.29, 0.717) is 11.6 Å². The molecule has 0 unspecified atom stereocenters. The first kappa shape index (κ1) is 12.9. The van der Waals surface area contributed by atoms with Crippen LogP contribution in [-0.2, 0) is 12.1 Å². The summed E-state index contributed by atoms with van der Waals surface area (Å²) in [6.07, 6.45) is 1.72. The number of hydrogen-bond donors (Lipinski definition) is 0. The van der Waals surface area contributed by atoms with Gasteiger partial charge in [0.15, 0.2) is 5.82 Å². The highest BCUT2D eigenvalue weighted by atomic mass is 35.5. The van der Waals surface area contributed by atoms with Crippen molar-refractivity contribution in [3.8, 4) is 5.75 Å². The molecule has 0 aliphatic carbocycles. The predicted molar refractivity (Wildman–Crippen MR) is 70.8 cm³/mol. The Labute approximate surface area is 112 Å². The quantitative estimate of drug-likeness (QED) is 0.855. The number of ether oxygens (including phenoxy) is 1. The van der Waals surface area contributed by atoms with Crippen LogP contribution in [0.5, 0.6) is 5.75 Å². The average Bonchev–Trinajstić information content (AvgIpc) is 2.74. The molecule has 0 radical (unpaired) electrons. The number of rotatable bonds is 3. The predicted octanol–water partition coefficient (Wildman–Crippen LogP) is 3.27. The summed E-state index contributed by atoms with van der Waals surface area (Å²) < 4.78 is 7.66. The fraction of sp³-hybridized carbons (Fsp3) is 0.385. The van der Waals surface area contributed by atoms with Gasteiger partial charge >= 0.3 is 0 Å². The van der Waals surface area contributed by atoms with E-state index in [4.69, 9.17) is 16.3 Å². The van der Waals surface area contributed by atoms with Crippen molar-refractivity contribution in [2.24, 2.45) is 0 Å². The molecular formula is C13H16ClN3O. The van der Waals surface area contributed by atoms with Crippen LogP contribution in [0.4, 0.5) is 0 Å². The molecule has 0 N–H and O–H groups in total. The van der Waals surface area contributed by atoms with Gasteiger partial charge in [0, 0.05) is 10.6 Å². The number of nitrogens with zero attached hydrogens (tertiary/aromatic N) is 3. The van der Waals surface area contributed by atoms with E-state index >= 15 is 0 Å². The third-order valence-corrected chi connectivity index (χ3v) is 2.74. The molecular weight excluding hydrogens is 250 g/mol. The molecule has 0 spiro atoms. The third-order valence-electron chi connectivity index (χ3n) is 2.51. The van der Waals surface area contributed by atoms with Gasteiger partial charge < -0.3 is 9.30 Å². The molecule has 0 aliphatic heterocycles. The highest BCUT2D eigenvalue weighted by molar-refractivity contribution is 6.30. The zero-order valence-corrected chi connectivity index (χ0v) is 11.5. The molecule has 0 atom stereocenters. The minimum absolute atomic E-state index is 0.0590. The third kappa shape index (κ3) is 3.01. The molecule has 2 rings (SSSR count). The molecule has 2 aromatic rings. The van der Waals surface area contributed by atoms with Gasteiger partial charge in [-0.3, -0.25) is 0 Å². The molecule has 18 heavy (non-hydrogen) atoms. The van der Waals surface area contributed by atoms with Gasteiger partial charge in [0.2, 0.25) is 0 Å². The van der Waals surface area contributed by atoms with E-state index in [1.807, 2.05) is 22.8 Å². The normalized spacial score (nSPS) is 11.6. The van der Waals surface area contributed by atoms with Gasteiger partial charge in [-0.15, -0.1) is 10.2 Å². The molecule has 0 aliphatic rings. The smallest absolute Gasteiger partial charge is 0.171 e. The first-order valence-corrected chi connectivity index (χ1v) is 6.12. The number of aromatic nitrogens is 3. The van der Waals surface area contributed by atoms with Crippen LogP contribution >= 0.6 is 11.6 Å². The summed E-state index contributed by atoms with van der Waals surface area (Å²) in [4.78, 5) is 0. The Morgan fingerprint density at radius 3 is 2.78 bits per heavy atom. The van der Waals surface area contributed by atoms with Crippen LogP contribution in [0, 0.1) is 0 Å². The fourth-order valence-electron chi connectivity index (χ4n) is 1.62. The first-order chi connectivity index (χ1) is 8.47. The summed E-state index contributed by atoms with van der Waals surface area (Å²) in [6.45, 7) is 6.66. The van der Waals surface area contributed by atoms with Crippen molar-refractivity contribution in [3.05, 3.63) is 41.4 Å². The summed E-state index contributed by atoms with van der Waals surface area (Å²) in [5, 5.41) is 8.66. The van der Waals surface area contributed by atoms with Crippen molar-refractivity contribution >= 4 is 11.6 Å². The molecule has 0 fully saturated rings. The Morgan fingerprint density at radius 1 is 1.33 bits per heavy atom. The minimum Gasteiger partial charge on any atom is -0.486 e. The van der Waals surface area contributed by atoms with Crippen molar-refractivity contribution in [2.45, 2.75) is 32.9 Å². The largest absolute Gasteiger partial charge is 0.486 e. The van der Waals surface area contributed by atoms with Crippen LogP contribution in [0.15, 0.2) is 30.6 Å². The van der Waals surface area contributed by atoms with E-state index in [0.717, 1.165) is 11.6 Å². The number of hydrogen-bond acceptors (Lipinski definition) is 3. The van der Waals surface area contributed by atoms with E-state index in [1.165, 1.54) is 0 Å². The minimum atomic E-state index is -0.0590. The Hall–Kier alpha value is -1.55. The van der Waals surface area contributed by atoms with Gasteiger partial charge in [-0.2, -0.15) is 0 Å². The summed E-state index contributed by atoms with van der Waals surface area (Å²) in [5.41, 5.74) is -0.0590. The Morgan fingerprint density at radius 2 is 2.11 bits per heavy atom. The van der Waals surface area contributed by atoms with E-state index < -0.39 is 0 Å². The van der Waals surface area contributed by atoms with Gasteiger partial charge in [-0.05, 0) is 39.0 Å². The van der Waals surface area contributed by atoms with E-state index in [9.17, 15) is 0 Å². The van der Waals surface area contributed by atoms with Crippen molar-refractivity contribution in [3.63, 3.8) is 0 Å². The highest BCUT2D eigenvalue weighted by Gasteiger charge is 2.17. The lowest BCUT2D eigenvalue weighted by Gasteiger charge is -2.22. The highest BCUT2D eigenvalue weighted by Crippen LogP contribution is 2.19. The van der Waals surface area contributed by atoms with Gasteiger partial charge in [0.1, 0.15) is 18.7 Å². The molecule has 1 heterocycles. The number of benzene rings is 1. The van der Waals surface area contributed by atoms with Gasteiger partial charge in [-0.1, -0.05) is 17.7 Å². The molecule has 1 aromatic carbocycles. The maximum Gasteiger partial charge on any atom is 0.171 e. The van der Waals surface area contributed by atoms with Crippen LogP contribution in [0.1, 0.15) is 26.6 Å². The SMILES string of the molecule is CC(C)(C)n1cnnc1COc1cccc(Cl)c1. The molecule has 4 nitrogen and oxygen atoms in total. The number of halogens is 1. The summed E-state index contributed by atoms with van der Waals surface area (Å²) in [6, 6.07) is 7.31. The Balaban J connectivity index is 2.09. The van der Waals surface area contributed by atoms with Crippen LogP contribution in [0.25, 0.3) is 0 Å². The monoisotopic (exact) mass is 265 g/mol. The molecule has 0 saturated heterocycles. The summed E-state index contributed by atoms with van der Waals surface area (Å²) in [7, 11) is 0. The molecule has 0 amide bonds. The zero-order valence-electron chi connectivity index (χ0n) is 10.7. The summed E-state index contributed by atoms with van der Waals surface area (Å²) in [5.74, 6) is 1.52. The maximum atomic E-state index is 5.90. The van der Waals surface area contributed by atoms with E-state index in [1.54, 1.807) is 12.4 Å². The molecule has 96 valence electrons. The van der Waals surface area contributed by atoms with Gasteiger partial charge in [0.05, 0.1) is 0 Å². The average molecular weight is 266 g/mol. The van der Waals surface area contributed by atoms with Gasteiger partial charge in [-0.25, -0.2) is 0 Å². The first-order valence-electron chi connectivity index (χ1n) is 5.74. The van der Waals surface area contributed by atoms with E-state index in [2.05, 4.69) is 31.0 Å². The molecule has 0 saturated carbocycles. The second-order valence-electron chi connectivity index (χ2n) is 5.03. The van der Waals surface area contributed by atoms with Crippen molar-refractivity contribution in [1.82, 2.24) is 14.8 Å². The lowest BCUT2D eigenvalue weighted by Crippen LogP contribution is -2.24. The van der Waals surface area contributed by atoms with Crippen LogP contribution < -0.4 is 4.74 Å². The lowest BCUT2D eigenvalue weighted by atomic mass is 10.1. The zero-order chi connectivity index (χ0) is 13.2. The van der Waals surface area contributed by atoms with Crippen LogP contribution in [-0.4, -0.2) is 14.8 Å². The topological polar surface area (TPSA) is 39.9 Å². The van der Waals surface area contributed by atoms with E-state index in [-0.39, 0.29) is 5.54 Å². The van der Waals surface area contributed by atoms with Crippen molar-refractivity contribution in [1.29, 1.82) is 0 Å². The van der Waals surface area contributed by atoms with Crippen LogP contribution in [0.2, 0.25) is 5.02 Å². The second kappa shape index (κ2) is 4.98. The second-order valence-corrected chi connectivity index (χ2v) is 5.47. The maximum absolute atomic E-state index is 5.90. The van der Waals surface area contributed by atoms with Crippen molar-refractivity contribution in [2.75, 3.05) is 0 Å². The van der Waals surface area contributed by atoms with Crippen LogP contribution in [0.3, 0.4) is 0 Å². The molecule has 0 bridgehead atoms. The fourth-order valence-corrected chi connectivity index (χ4v) is 1.80. The van der Waals surface area contributed by atoms with Gasteiger partial charge in [0.25, 0.3) is 0 Å². The molecule has 1 aromatic heterocycles. The standard InChI is InChI=1S/C13H16ClN3O/c1-13(2,3)17-9-15-16-12(17)8-18-11-6-4-5-10(14)7-11/h4-7,9H,8H2,1-3H3. The Bertz CT molecular complexity index is 531. The molecule has 5 heteroatoms. The Kier molecular flexibility index (Phi) is 3.57.